The molecule has 0 aliphatic rings. The molecule has 0 saturated carbocycles. The van der Waals surface area contributed by atoms with Crippen LogP contribution in [0.1, 0.15) is 5.76 Å². The number of fused-ring (bicyclic) bond motifs is 1. The van der Waals surface area contributed by atoms with Crippen molar-refractivity contribution in [2.45, 2.75) is 0 Å². The summed E-state index contributed by atoms with van der Waals surface area (Å²) in [5, 5.41) is 9.72. The maximum atomic E-state index is 11.2. The van der Waals surface area contributed by atoms with Gasteiger partial charge in [0.25, 0.3) is 0 Å². The average Bonchev–Trinajstić information content (AvgIpc) is 2.77. The second kappa shape index (κ2) is 4.54. The van der Waals surface area contributed by atoms with Crippen molar-refractivity contribution < 1.29 is 13.9 Å². The number of nitriles is 1. The van der Waals surface area contributed by atoms with Gasteiger partial charge in [-0.05, 0) is 12.1 Å². The summed E-state index contributed by atoms with van der Waals surface area (Å²) >= 11 is 0. The van der Waals surface area contributed by atoms with Crippen LogP contribution >= 0.6 is 0 Å². The molecule has 0 spiro atoms. The first-order valence-electron chi connectivity index (χ1n) is 4.93. The van der Waals surface area contributed by atoms with Crippen LogP contribution in [0.4, 0.5) is 0 Å². The molecule has 1 heterocycles. The van der Waals surface area contributed by atoms with E-state index in [2.05, 4.69) is 4.74 Å². The first kappa shape index (κ1) is 11.0. The van der Waals surface area contributed by atoms with Crippen molar-refractivity contribution >= 4 is 23.0 Å². The minimum atomic E-state index is -0.673. The molecular weight excluding hydrogens is 218 g/mol. The molecule has 0 radical (unpaired) electrons. The van der Waals surface area contributed by atoms with Crippen LogP contribution in [-0.2, 0) is 9.53 Å². The lowest BCUT2D eigenvalue weighted by atomic mass is 10.2. The van der Waals surface area contributed by atoms with Gasteiger partial charge in [-0.15, -0.1) is 0 Å². The van der Waals surface area contributed by atoms with E-state index in [-0.39, 0.29) is 5.57 Å². The number of para-hydroxylation sites is 1. The van der Waals surface area contributed by atoms with Crippen LogP contribution in [-0.4, -0.2) is 13.1 Å². The highest BCUT2D eigenvalue weighted by Crippen LogP contribution is 2.20. The highest BCUT2D eigenvalue weighted by Gasteiger charge is 2.10. The molecule has 4 heteroatoms. The van der Waals surface area contributed by atoms with Crippen LogP contribution in [0.5, 0.6) is 0 Å². The Bertz CT molecular complexity index is 598. The molecule has 4 nitrogen and oxygen atoms in total. The maximum Gasteiger partial charge on any atom is 0.348 e. The van der Waals surface area contributed by atoms with Gasteiger partial charge in [-0.2, -0.15) is 5.26 Å². The van der Waals surface area contributed by atoms with Crippen LogP contribution in [0.2, 0.25) is 0 Å². The van der Waals surface area contributed by atoms with Gasteiger partial charge in [-0.25, -0.2) is 4.79 Å². The van der Waals surface area contributed by atoms with Gasteiger partial charge in [0.1, 0.15) is 23.0 Å². The Kier molecular flexibility index (Phi) is 2.93. The lowest BCUT2D eigenvalue weighted by Crippen LogP contribution is -2.02. The summed E-state index contributed by atoms with van der Waals surface area (Å²) in [5.41, 5.74) is 0.618. The highest BCUT2D eigenvalue weighted by atomic mass is 16.5. The molecule has 0 atom stereocenters. The number of hydrogen-bond acceptors (Lipinski definition) is 4. The first-order chi connectivity index (χ1) is 8.24. The number of ether oxygens (including phenoxy) is 1. The van der Waals surface area contributed by atoms with Crippen molar-refractivity contribution in [3.63, 3.8) is 0 Å². The molecule has 1 aromatic carbocycles. The van der Waals surface area contributed by atoms with Gasteiger partial charge in [0.2, 0.25) is 0 Å². The van der Waals surface area contributed by atoms with Crippen LogP contribution in [0.3, 0.4) is 0 Å². The Morgan fingerprint density at radius 2 is 2.24 bits per heavy atom. The van der Waals surface area contributed by atoms with Crippen LogP contribution < -0.4 is 0 Å². The number of nitrogens with zero attached hydrogens (tertiary/aromatic N) is 1. The number of benzene rings is 1. The minimum Gasteiger partial charge on any atom is -0.465 e. The average molecular weight is 227 g/mol. The summed E-state index contributed by atoms with van der Waals surface area (Å²) in [4.78, 5) is 11.2. The van der Waals surface area contributed by atoms with Crippen LogP contribution in [0.25, 0.3) is 17.0 Å². The fraction of sp³-hybridized carbons (Fsp3) is 0.0769. The van der Waals surface area contributed by atoms with Crippen molar-refractivity contribution in [2.75, 3.05) is 7.11 Å². The summed E-state index contributed by atoms with van der Waals surface area (Å²) in [6.45, 7) is 0. The summed E-state index contributed by atoms with van der Waals surface area (Å²) in [6, 6.07) is 11.0. The van der Waals surface area contributed by atoms with Gasteiger partial charge in [-0.3, -0.25) is 0 Å². The Morgan fingerprint density at radius 3 is 2.88 bits per heavy atom. The number of hydrogen-bond donors (Lipinski definition) is 0. The fourth-order valence-electron chi connectivity index (χ4n) is 1.46. The van der Waals surface area contributed by atoms with Gasteiger partial charge in [0.15, 0.2) is 0 Å². The molecule has 0 aliphatic heterocycles. The van der Waals surface area contributed by atoms with E-state index in [1.165, 1.54) is 13.2 Å². The largest absolute Gasteiger partial charge is 0.465 e. The van der Waals surface area contributed by atoms with Gasteiger partial charge in [0.05, 0.1) is 7.11 Å². The molecule has 84 valence electrons. The standard InChI is InChI=1S/C13H9NO3/c1-16-13(15)10(8-14)7-11-6-9-4-2-3-5-12(9)17-11/h2-7H,1H3/b10-7+. The Labute approximate surface area is 97.7 Å². The van der Waals surface area contributed by atoms with E-state index in [4.69, 9.17) is 9.68 Å². The van der Waals surface area contributed by atoms with E-state index < -0.39 is 5.97 Å². The Morgan fingerprint density at radius 1 is 1.47 bits per heavy atom. The van der Waals surface area contributed by atoms with Crippen molar-refractivity contribution in [3.05, 3.63) is 41.7 Å². The second-order valence-electron chi connectivity index (χ2n) is 3.35. The van der Waals surface area contributed by atoms with E-state index in [0.717, 1.165) is 5.39 Å². The Balaban J connectivity index is 2.44. The number of rotatable bonds is 2. The van der Waals surface area contributed by atoms with Gasteiger partial charge < -0.3 is 9.15 Å². The molecule has 0 aliphatic carbocycles. The summed E-state index contributed by atoms with van der Waals surface area (Å²) in [5.74, 6) is -0.221. The molecule has 1 aromatic heterocycles. The van der Waals surface area contributed by atoms with Crippen LogP contribution in [0, 0.1) is 11.3 Å². The Hall–Kier alpha value is -2.54. The fourth-order valence-corrected chi connectivity index (χ4v) is 1.46. The maximum absolute atomic E-state index is 11.2. The lowest BCUT2D eigenvalue weighted by Gasteiger charge is -1.93. The van der Waals surface area contributed by atoms with Gasteiger partial charge >= 0.3 is 5.97 Å². The number of carbonyl (C=O) groups is 1. The second-order valence-corrected chi connectivity index (χ2v) is 3.35. The predicted molar refractivity (Wildman–Crippen MR) is 61.8 cm³/mol. The SMILES string of the molecule is COC(=O)/C(C#N)=C/c1cc2ccccc2o1. The molecule has 0 amide bonds. The summed E-state index contributed by atoms with van der Waals surface area (Å²) < 4.78 is 9.94. The third-order valence-corrected chi connectivity index (χ3v) is 2.26. The molecule has 0 saturated heterocycles. The van der Waals surface area contributed by atoms with E-state index >= 15 is 0 Å². The number of methoxy groups -OCH3 is 1. The molecule has 0 bridgehead atoms. The van der Waals surface area contributed by atoms with Crippen molar-refractivity contribution in [2.24, 2.45) is 0 Å². The van der Waals surface area contributed by atoms with E-state index in [0.29, 0.717) is 11.3 Å². The molecule has 2 rings (SSSR count). The summed E-state index contributed by atoms with van der Waals surface area (Å²) in [6.07, 6.45) is 1.37. The quantitative estimate of drug-likeness (QED) is 0.449. The molecular formula is C13H9NO3. The smallest absolute Gasteiger partial charge is 0.348 e. The lowest BCUT2D eigenvalue weighted by molar-refractivity contribution is -0.135. The first-order valence-corrected chi connectivity index (χ1v) is 4.93. The molecule has 0 unspecified atom stereocenters. The third kappa shape index (κ3) is 2.18. The van der Waals surface area contributed by atoms with E-state index in [1.54, 1.807) is 12.1 Å². The van der Waals surface area contributed by atoms with E-state index in [1.807, 2.05) is 24.3 Å². The zero-order chi connectivity index (χ0) is 12.3. The number of furan rings is 1. The van der Waals surface area contributed by atoms with Gasteiger partial charge in [-0.1, -0.05) is 18.2 Å². The predicted octanol–water partition coefficient (Wildman–Crippen LogP) is 2.51. The zero-order valence-corrected chi connectivity index (χ0v) is 9.14. The molecule has 0 fully saturated rings. The monoisotopic (exact) mass is 227 g/mol. The number of carbonyl (C=O) groups excluding carboxylic acids is 1. The zero-order valence-electron chi connectivity index (χ0n) is 9.14. The van der Waals surface area contributed by atoms with Crippen molar-refractivity contribution in [3.8, 4) is 6.07 Å². The van der Waals surface area contributed by atoms with Crippen LogP contribution in [0.15, 0.2) is 40.3 Å². The number of esters is 1. The molecule has 0 N–H and O–H groups in total. The van der Waals surface area contributed by atoms with Crippen molar-refractivity contribution in [1.82, 2.24) is 0 Å². The molecule has 17 heavy (non-hydrogen) atoms. The topological polar surface area (TPSA) is 63.2 Å². The van der Waals surface area contributed by atoms with Crippen molar-refractivity contribution in [1.29, 1.82) is 5.26 Å². The van der Waals surface area contributed by atoms with Gasteiger partial charge in [0, 0.05) is 11.5 Å². The summed E-state index contributed by atoms with van der Waals surface area (Å²) in [7, 11) is 1.23. The minimum absolute atomic E-state index is 0.0912. The normalized spacial score (nSPS) is 11.2. The third-order valence-electron chi connectivity index (χ3n) is 2.26. The highest BCUT2D eigenvalue weighted by molar-refractivity contribution is 5.98. The van der Waals surface area contributed by atoms with E-state index in [9.17, 15) is 4.79 Å². The molecule has 2 aromatic rings.